The molecule has 0 aromatic heterocycles. The third-order valence-electron chi connectivity index (χ3n) is 2.02. The van der Waals surface area contributed by atoms with Gasteiger partial charge >= 0.3 is 12.1 Å². The van der Waals surface area contributed by atoms with Gasteiger partial charge in [0, 0.05) is 16.6 Å². The van der Waals surface area contributed by atoms with Crippen molar-refractivity contribution in [1.82, 2.24) is 0 Å². The minimum absolute atomic E-state index is 0.0192. The van der Waals surface area contributed by atoms with E-state index in [1.807, 2.05) is 0 Å². The predicted octanol–water partition coefficient (Wildman–Crippen LogP) is 4.87. The molecule has 0 N–H and O–H groups in total. The Morgan fingerprint density at radius 2 is 2.00 bits per heavy atom. The molecule has 0 saturated heterocycles. The number of Topliss-reactive ketones (excluding diaryl/α,β-unsaturated/α-hetero) is 1. The highest BCUT2D eigenvalue weighted by Crippen LogP contribution is 2.39. The molecule has 20 heavy (non-hydrogen) atoms. The molecule has 0 aliphatic heterocycles. The van der Waals surface area contributed by atoms with E-state index in [1.165, 1.54) is 0 Å². The number of rotatable bonds is 6. The Kier molecular flexibility index (Phi) is 6.25. The van der Waals surface area contributed by atoms with E-state index < -0.39 is 35.4 Å². The van der Waals surface area contributed by atoms with Crippen LogP contribution in [0.4, 0.5) is 22.0 Å². The van der Waals surface area contributed by atoms with Gasteiger partial charge in [0.15, 0.2) is 5.78 Å². The summed E-state index contributed by atoms with van der Waals surface area (Å²) in [6.45, 7) is -3.23. The summed E-state index contributed by atoms with van der Waals surface area (Å²) in [6.07, 6.45) is 0.0192. The molecule has 0 atom stereocenters. The van der Waals surface area contributed by atoms with Crippen LogP contribution in [0, 0.1) is 0 Å². The van der Waals surface area contributed by atoms with Gasteiger partial charge in [-0.25, -0.2) is 0 Å². The summed E-state index contributed by atoms with van der Waals surface area (Å²) in [6, 6.07) is 2.88. The molecule has 0 aliphatic carbocycles. The maximum Gasteiger partial charge on any atom is 0.446 e. The highest BCUT2D eigenvalue weighted by molar-refractivity contribution is 9.09. The predicted molar refractivity (Wildman–Crippen MR) is 67.7 cm³/mol. The minimum atomic E-state index is -4.55. The molecule has 0 saturated carbocycles. The Hall–Kier alpha value is -0.830. The van der Waals surface area contributed by atoms with Crippen LogP contribution >= 0.6 is 27.7 Å². The molecule has 0 unspecified atom stereocenters. The summed E-state index contributed by atoms with van der Waals surface area (Å²) in [7, 11) is 0. The van der Waals surface area contributed by atoms with Crippen molar-refractivity contribution in [2.75, 3.05) is 5.33 Å². The van der Waals surface area contributed by atoms with Gasteiger partial charge in [-0.15, -0.1) is 0 Å². The number of benzene rings is 1. The number of hydrogen-bond acceptors (Lipinski definition) is 3. The number of carbonyl (C=O) groups is 1. The lowest BCUT2D eigenvalue weighted by molar-refractivity contribution is -0.0502. The van der Waals surface area contributed by atoms with E-state index in [0.29, 0.717) is 5.33 Å². The molecule has 2 nitrogen and oxygen atoms in total. The van der Waals surface area contributed by atoms with E-state index in [1.54, 1.807) is 0 Å². The number of halogens is 6. The first-order valence-electron chi connectivity index (χ1n) is 5.16. The van der Waals surface area contributed by atoms with Gasteiger partial charge in [0.2, 0.25) is 0 Å². The highest BCUT2D eigenvalue weighted by atomic mass is 79.9. The third kappa shape index (κ3) is 5.66. The van der Waals surface area contributed by atoms with Crippen molar-refractivity contribution in [3.05, 3.63) is 23.8 Å². The van der Waals surface area contributed by atoms with Gasteiger partial charge in [0.1, 0.15) is 5.75 Å². The van der Waals surface area contributed by atoms with Crippen LogP contribution < -0.4 is 4.74 Å². The molecule has 112 valence electrons. The molecule has 0 spiro atoms. The van der Waals surface area contributed by atoms with Crippen molar-refractivity contribution in [2.45, 2.75) is 23.4 Å². The van der Waals surface area contributed by atoms with Gasteiger partial charge in [0.25, 0.3) is 0 Å². The number of hydrogen-bond donors (Lipinski definition) is 0. The topological polar surface area (TPSA) is 26.3 Å². The fourth-order valence-corrected chi connectivity index (χ4v) is 2.27. The molecule has 9 heteroatoms. The van der Waals surface area contributed by atoms with E-state index in [2.05, 4.69) is 20.7 Å². The van der Waals surface area contributed by atoms with Crippen LogP contribution in [0.1, 0.15) is 16.8 Å². The number of ether oxygens (including phenoxy) is 1. The van der Waals surface area contributed by atoms with Crippen molar-refractivity contribution in [3.63, 3.8) is 0 Å². The molecular weight excluding hydrogens is 371 g/mol. The van der Waals surface area contributed by atoms with E-state index >= 15 is 0 Å². The van der Waals surface area contributed by atoms with Crippen molar-refractivity contribution in [3.8, 4) is 5.75 Å². The van der Waals surface area contributed by atoms with Gasteiger partial charge in [-0.3, -0.25) is 4.79 Å². The van der Waals surface area contributed by atoms with Gasteiger partial charge in [-0.05, 0) is 30.0 Å². The summed E-state index contributed by atoms with van der Waals surface area (Å²) < 4.78 is 65.3. The summed E-state index contributed by atoms with van der Waals surface area (Å²) in [5.41, 5.74) is -4.72. The lowest BCUT2D eigenvalue weighted by atomic mass is 10.1. The second-order valence-corrected chi connectivity index (χ2v) is 5.38. The molecule has 0 radical (unpaired) electrons. The summed E-state index contributed by atoms with van der Waals surface area (Å²) >= 11 is 2.54. The second-order valence-electron chi connectivity index (χ2n) is 3.45. The van der Waals surface area contributed by atoms with Crippen molar-refractivity contribution in [1.29, 1.82) is 0 Å². The first kappa shape index (κ1) is 17.2. The van der Waals surface area contributed by atoms with Crippen LogP contribution in [0.2, 0.25) is 0 Å². The number of carbonyl (C=O) groups excluding carboxylic acids is 1. The summed E-state index contributed by atoms with van der Waals surface area (Å²) in [4.78, 5) is 11.3. The fourth-order valence-electron chi connectivity index (χ4n) is 1.34. The highest BCUT2D eigenvalue weighted by Gasteiger charge is 2.30. The molecule has 0 heterocycles. The van der Waals surface area contributed by atoms with Crippen LogP contribution in [-0.4, -0.2) is 23.2 Å². The fraction of sp³-hybridized carbons (Fsp3) is 0.364. The van der Waals surface area contributed by atoms with Crippen LogP contribution in [0.3, 0.4) is 0 Å². The Labute approximate surface area is 123 Å². The van der Waals surface area contributed by atoms with Crippen molar-refractivity contribution in [2.24, 2.45) is 0 Å². The molecule has 1 aromatic carbocycles. The first-order valence-corrected chi connectivity index (χ1v) is 7.10. The number of ketones is 1. The van der Waals surface area contributed by atoms with Crippen LogP contribution in [0.25, 0.3) is 0 Å². The van der Waals surface area contributed by atoms with Gasteiger partial charge in [-0.1, -0.05) is 15.9 Å². The van der Waals surface area contributed by atoms with E-state index in [0.717, 1.165) is 18.2 Å². The zero-order chi connectivity index (χ0) is 15.3. The Morgan fingerprint density at radius 3 is 2.50 bits per heavy atom. The number of alkyl halides is 6. The van der Waals surface area contributed by atoms with E-state index in [4.69, 9.17) is 0 Å². The Balaban J connectivity index is 3.09. The first-order chi connectivity index (χ1) is 9.23. The molecule has 1 rings (SSSR count). The Bertz CT molecular complexity index is 478. The summed E-state index contributed by atoms with van der Waals surface area (Å²) in [5, 5.41) is 0.305. The smallest absolute Gasteiger partial charge is 0.434 e. The maximum atomic E-state index is 12.2. The number of thioether (sulfide) groups is 1. The minimum Gasteiger partial charge on any atom is -0.434 e. The molecule has 1 aromatic rings. The normalized spacial score (nSPS) is 11.8. The van der Waals surface area contributed by atoms with Crippen LogP contribution in [0.15, 0.2) is 23.1 Å². The largest absolute Gasteiger partial charge is 0.446 e. The summed E-state index contributed by atoms with van der Waals surface area (Å²) in [5.74, 6) is -1.05. The zero-order valence-corrected chi connectivity index (χ0v) is 12.1. The standard InChI is InChI=1S/C11H8BrF5O2S/c12-4-3-8(18)7-2-1-6(20-11(15,16)17)5-9(7)19-10(13)14/h1-2,5,10H,3-4H2. The molecular formula is C11H8BrF5O2S. The SMILES string of the molecule is O=C(CCBr)c1ccc(SC(F)(F)F)cc1OC(F)F. The quantitative estimate of drug-likeness (QED) is 0.305. The van der Waals surface area contributed by atoms with Gasteiger partial charge in [-0.2, -0.15) is 22.0 Å². The van der Waals surface area contributed by atoms with E-state index in [9.17, 15) is 26.7 Å². The van der Waals surface area contributed by atoms with Crippen LogP contribution in [-0.2, 0) is 0 Å². The van der Waals surface area contributed by atoms with Gasteiger partial charge < -0.3 is 4.74 Å². The molecule has 0 bridgehead atoms. The molecule has 0 aliphatic rings. The lowest BCUT2D eigenvalue weighted by Gasteiger charge is -2.12. The zero-order valence-electron chi connectivity index (χ0n) is 9.72. The second kappa shape index (κ2) is 7.26. The third-order valence-corrected chi connectivity index (χ3v) is 3.14. The van der Waals surface area contributed by atoms with E-state index in [-0.39, 0.29) is 16.9 Å². The van der Waals surface area contributed by atoms with Crippen LogP contribution in [0.5, 0.6) is 5.75 Å². The Morgan fingerprint density at radius 1 is 1.35 bits per heavy atom. The monoisotopic (exact) mass is 378 g/mol. The van der Waals surface area contributed by atoms with Crippen molar-refractivity contribution >= 4 is 33.5 Å². The average Bonchev–Trinajstić information content (AvgIpc) is 2.26. The maximum absolute atomic E-state index is 12.2. The molecule has 0 fully saturated rings. The lowest BCUT2D eigenvalue weighted by Crippen LogP contribution is -2.09. The van der Waals surface area contributed by atoms with Crippen molar-refractivity contribution < 1.29 is 31.5 Å². The molecule has 0 amide bonds. The van der Waals surface area contributed by atoms with Gasteiger partial charge in [0.05, 0.1) is 5.56 Å². The average molecular weight is 379 g/mol.